The monoisotopic (exact) mass is 272 g/mol. The lowest BCUT2D eigenvalue weighted by atomic mass is 9.94. The van der Waals surface area contributed by atoms with Crippen LogP contribution in [0.5, 0.6) is 0 Å². The van der Waals surface area contributed by atoms with Crippen LogP contribution in [0, 0.1) is 12.3 Å². The number of aromatic carboxylic acids is 1. The van der Waals surface area contributed by atoms with Crippen molar-refractivity contribution in [1.29, 1.82) is 0 Å². The second-order valence-electron chi connectivity index (χ2n) is 4.69. The molecule has 0 atom stereocenters. The first-order valence-corrected chi connectivity index (χ1v) is 6.38. The van der Waals surface area contributed by atoms with Crippen LogP contribution in [-0.4, -0.2) is 41.5 Å². The summed E-state index contributed by atoms with van der Waals surface area (Å²) in [7, 11) is 0. The minimum Gasteiger partial charge on any atom is -0.478 e. The second-order valence-corrected chi connectivity index (χ2v) is 4.69. The number of fused-ring (bicyclic) bond motifs is 1. The van der Waals surface area contributed by atoms with Gasteiger partial charge in [-0.1, -0.05) is 18.1 Å². The van der Waals surface area contributed by atoms with Gasteiger partial charge in [-0.05, 0) is 23.6 Å². The van der Waals surface area contributed by atoms with E-state index in [4.69, 9.17) is 11.5 Å². The van der Waals surface area contributed by atoms with Crippen LogP contribution >= 0.6 is 0 Å². The molecule has 20 heavy (non-hydrogen) atoms. The maximum absolute atomic E-state index is 11.6. The Bertz CT molecular complexity index is 575. The zero-order valence-corrected chi connectivity index (χ0v) is 11.1. The van der Waals surface area contributed by atoms with Crippen molar-refractivity contribution in [2.75, 3.05) is 19.6 Å². The van der Waals surface area contributed by atoms with Crippen molar-refractivity contribution in [3.05, 3.63) is 34.9 Å². The van der Waals surface area contributed by atoms with Gasteiger partial charge in [-0.2, -0.15) is 0 Å². The molecule has 0 radical (unpaired) electrons. The van der Waals surface area contributed by atoms with Crippen molar-refractivity contribution < 1.29 is 14.7 Å². The van der Waals surface area contributed by atoms with E-state index in [1.807, 2.05) is 11.0 Å². The van der Waals surface area contributed by atoms with E-state index in [-0.39, 0.29) is 19.0 Å². The number of carbonyl (C=O) groups excluding carboxylic acids is 1. The average Bonchev–Trinajstić information content (AvgIpc) is 2.44. The molecule has 1 amide bonds. The van der Waals surface area contributed by atoms with Gasteiger partial charge in [0.1, 0.15) is 0 Å². The Morgan fingerprint density at radius 3 is 2.95 bits per heavy atom. The molecule has 5 nitrogen and oxygen atoms in total. The molecule has 1 aliphatic heterocycles. The number of terminal acetylenes is 1. The highest BCUT2D eigenvalue weighted by Gasteiger charge is 2.22. The fourth-order valence-electron chi connectivity index (χ4n) is 2.41. The molecular weight excluding hydrogens is 256 g/mol. The van der Waals surface area contributed by atoms with Gasteiger partial charge in [0.2, 0.25) is 5.91 Å². The zero-order valence-electron chi connectivity index (χ0n) is 11.1. The van der Waals surface area contributed by atoms with E-state index in [2.05, 4.69) is 11.2 Å². The van der Waals surface area contributed by atoms with Crippen molar-refractivity contribution in [3.8, 4) is 12.3 Å². The van der Waals surface area contributed by atoms with Crippen molar-refractivity contribution in [1.82, 2.24) is 10.2 Å². The third kappa shape index (κ3) is 3.16. The fraction of sp³-hybridized carbons (Fsp3) is 0.333. The molecule has 1 aromatic carbocycles. The lowest BCUT2D eigenvalue weighted by Gasteiger charge is -2.28. The average molecular weight is 272 g/mol. The van der Waals surface area contributed by atoms with Gasteiger partial charge in [0, 0.05) is 13.1 Å². The summed E-state index contributed by atoms with van der Waals surface area (Å²) >= 11 is 0. The van der Waals surface area contributed by atoms with E-state index >= 15 is 0 Å². The van der Waals surface area contributed by atoms with Crippen LogP contribution < -0.4 is 5.32 Å². The summed E-state index contributed by atoms with van der Waals surface area (Å²) in [6, 6.07) is 5.27. The molecule has 1 aromatic rings. The van der Waals surface area contributed by atoms with Crippen LogP contribution in [0.25, 0.3) is 0 Å². The quantitative estimate of drug-likeness (QED) is 0.783. The minimum absolute atomic E-state index is 0.110. The van der Waals surface area contributed by atoms with Gasteiger partial charge >= 0.3 is 5.97 Å². The fourth-order valence-corrected chi connectivity index (χ4v) is 2.41. The normalized spacial score (nSPS) is 14.2. The van der Waals surface area contributed by atoms with Crippen molar-refractivity contribution in [2.24, 2.45) is 0 Å². The van der Waals surface area contributed by atoms with Gasteiger partial charge in [0.15, 0.2) is 0 Å². The first kappa shape index (κ1) is 14.1. The predicted molar refractivity (Wildman–Crippen MR) is 74.2 cm³/mol. The Balaban J connectivity index is 2.05. The second kappa shape index (κ2) is 6.22. The Morgan fingerprint density at radius 2 is 2.25 bits per heavy atom. The summed E-state index contributed by atoms with van der Waals surface area (Å²) in [6.45, 7) is 1.76. The molecule has 0 bridgehead atoms. The lowest BCUT2D eigenvalue weighted by Crippen LogP contribution is -2.40. The van der Waals surface area contributed by atoms with E-state index in [1.54, 1.807) is 12.1 Å². The summed E-state index contributed by atoms with van der Waals surface area (Å²) in [4.78, 5) is 24.8. The van der Waals surface area contributed by atoms with E-state index in [0.717, 1.165) is 11.1 Å². The van der Waals surface area contributed by atoms with E-state index in [9.17, 15) is 9.59 Å². The smallest absolute Gasteiger partial charge is 0.335 e. The molecule has 0 spiro atoms. The van der Waals surface area contributed by atoms with Gasteiger partial charge in [0.05, 0.1) is 18.7 Å². The molecule has 0 saturated carbocycles. The molecule has 1 aliphatic rings. The number of carboxylic acid groups (broad SMARTS) is 1. The molecular formula is C15H16N2O3. The number of hydrogen-bond acceptors (Lipinski definition) is 3. The maximum Gasteiger partial charge on any atom is 0.335 e. The first-order valence-electron chi connectivity index (χ1n) is 6.38. The zero-order chi connectivity index (χ0) is 14.5. The molecule has 5 heteroatoms. The number of rotatable bonds is 4. The van der Waals surface area contributed by atoms with Crippen molar-refractivity contribution in [2.45, 2.75) is 13.0 Å². The van der Waals surface area contributed by atoms with Crippen LogP contribution in [0.15, 0.2) is 18.2 Å². The van der Waals surface area contributed by atoms with Gasteiger partial charge in [-0.25, -0.2) is 4.79 Å². The van der Waals surface area contributed by atoms with Crippen LogP contribution in [0.3, 0.4) is 0 Å². The molecule has 0 aliphatic carbocycles. The topological polar surface area (TPSA) is 69.6 Å². The number of benzene rings is 1. The molecule has 2 N–H and O–H groups in total. The summed E-state index contributed by atoms with van der Waals surface area (Å²) in [5.74, 6) is 1.34. The highest BCUT2D eigenvalue weighted by Crippen LogP contribution is 2.22. The van der Waals surface area contributed by atoms with Gasteiger partial charge < -0.3 is 10.4 Å². The summed E-state index contributed by atoms with van der Waals surface area (Å²) in [5, 5.41) is 11.8. The van der Waals surface area contributed by atoms with Crippen LogP contribution in [0.4, 0.5) is 0 Å². The Labute approximate surface area is 117 Å². The molecule has 0 aromatic heterocycles. The first-order chi connectivity index (χ1) is 9.61. The van der Waals surface area contributed by atoms with E-state index < -0.39 is 5.97 Å². The van der Waals surface area contributed by atoms with Crippen LogP contribution in [0.2, 0.25) is 0 Å². The SMILES string of the molecule is C#CCNC(=O)CN1CCc2c(cccc2C(=O)O)C1. The van der Waals surface area contributed by atoms with Crippen molar-refractivity contribution in [3.63, 3.8) is 0 Å². The number of carbonyl (C=O) groups is 2. The van der Waals surface area contributed by atoms with Gasteiger partial charge in [0.25, 0.3) is 0 Å². The number of nitrogens with one attached hydrogen (secondary N) is 1. The van der Waals surface area contributed by atoms with E-state index in [0.29, 0.717) is 25.1 Å². The molecule has 104 valence electrons. The molecule has 2 rings (SSSR count). The number of hydrogen-bond donors (Lipinski definition) is 2. The summed E-state index contributed by atoms with van der Waals surface area (Å²) in [6.07, 6.45) is 5.72. The summed E-state index contributed by atoms with van der Waals surface area (Å²) < 4.78 is 0. The lowest BCUT2D eigenvalue weighted by molar-refractivity contribution is -0.122. The minimum atomic E-state index is -0.901. The largest absolute Gasteiger partial charge is 0.478 e. The Morgan fingerprint density at radius 1 is 1.45 bits per heavy atom. The Hall–Kier alpha value is -2.32. The van der Waals surface area contributed by atoms with Crippen LogP contribution in [0.1, 0.15) is 21.5 Å². The molecule has 0 unspecified atom stereocenters. The summed E-state index contributed by atoms with van der Waals surface area (Å²) in [5.41, 5.74) is 2.21. The Kier molecular flexibility index (Phi) is 4.38. The standard InChI is InChI=1S/C15H16N2O3/c1-2-7-16-14(18)10-17-8-6-12-11(9-17)4-3-5-13(12)15(19)20/h1,3-5H,6-10H2,(H,16,18)(H,19,20). The predicted octanol–water partition coefficient (Wildman–Crippen LogP) is 0.492. The maximum atomic E-state index is 11.6. The molecule has 0 saturated heterocycles. The molecule has 1 heterocycles. The number of carboxylic acids is 1. The van der Waals surface area contributed by atoms with Crippen LogP contribution in [-0.2, 0) is 17.8 Å². The highest BCUT2D eigenvalue weighted by atomic mass is 16.4. The van der Waals surface area contributed by atoms with E-state index in [1.165, 1.54) is 0 Å². The van der Waals surface area contributed by atoms with Crippen molar-refractivity contribution >= 4 is 11.9 Å². The van der Waals surface area contributed by atoms with Gasteiger partial charge in [-0.15, -0.1) is 6.42 Å². The number of amides is 1. The highest BCUT2D eigenvalue weighted by molar-refractivity contribution is 5.90. The third-order valence-corrected chi connectivity index (χ3v) is 3.33. The molecule has 0 fully saturated rings. The number of nitrogens with zero attached hydrogens (tertiary/aromatic N) is 1. The van der Waals surface area contributed by atoms with Gasteiger partial charge in [-0.3, -0.25) is 9.69 Å². The third-order valence-electron chi connectivity index (χ3n) is 3.33.